The number of likely N-dealkylation sites (N-methyl/N-ethyl adjacent to an activating group) is 1. The van der Waals surface area contributed by atoms with E-state index in [1.54, 1.807) is 12.1 Å². The van der Waals surface area contributed by atoms with Crippen molar-refractivity contribution in [1.82, 2.24) is 4.90 Å². The Hall–Kier alpha value is -1.13. The van der Waals surface area contributed by atoms with Crippen LogP contribution in [0.1, 0.15) is 12.8 Å². The summed E-state index contributed by atoms with van der Waals surface area (Å²) in [6, 6.07) is 6.46. The largest absolute Gasteiger partial charge is 0.384 e. The molecule has 1 N–H and O–H groups in total. The van der Waals surface area contributed by atoms with E-state index in [2.05, 4.69) is 17.3 Å². The smallest absolute Gasteiger partial charge is 0.123 e. The van der Waals surface area contributed by atoms with Crippen LogP contribution in [0.2, 0.25) is 0 Å². The molecule has 1 aliphatic carbocycles. The molecule has 1 aromatic carbocycles. The first-order chi connectivity index (χ1) is 9.24. The molecule has 1 aromatic rings. The quantitative estimate of drug-likeness (QED) is 0.695. The Balaban J connectivity index is 1.50. The van der Waals surface area contributed by atoms with Gasteiger partial charge in [0.05, 0.1) is 6.61 Å². The number of anilines is 1. The highest BCUT2D eigenvalue weighted by atomic mass is 19.1. The molecule has 0 bridgehead atoms. The van der Waals surface area contributed by atoms with Gasteiger partial charge in [-0.2, -0.15) is 0 Å². The molecule has 0 heterocycles. The molecule has 2 rings (SSSR count). The van der Waals surface area contributed by atoms with E-state index in [9.17, 15) is 4.39 Å². The van der Waals surface area contributed by atoms with Gasteiger partial charge in [0, 0.05) is 31.9 Å². The maximum atomic E-state index is 12.7. The van der Waals surface area contributed by atoms with Gasteiger partial charge in [0.1, 0.15) is 5.82 Å². The number of ether oxygens (including phenoxy) is 1. The Bertz CT molecular complexity index is 365. The fraction of sp³-hybridized carbons (Fsp3) is 0.600. The lowest BCUT2D eigenvalue weighted by atomic mass is 10.3. The third-order valence-electron chi connectivity index (χ3n) is 3.33. The summed E-state index contributed by atoms with van der Waals surface area (Å²) in [5.41, 5.74) is 0.958. The molecular weight excluding hydrogens is 243 g/mol. The second-order valence-electron chi connectivity index (χ2n) is 5.26. The predicted molar refractivity (Wildman–Crippen MR) is 75.9 cm³/mol. The SMILES string of the molecule is CN(CCNc1ccc(F)cc1)CCOCC1CC1. The predicted octanol–water partition coefficient (Wildman–Crippen LogP) is 2.60. The maximum absolute atomic E-state index is 12.7. The third kappa shape index (κ3) is 6.03. The van der Waals surface area contributed by atoms with Gasteiger partial charge < -0.3 is 15.0 Å². The summed E-state index contributed by atoms with van der Waals surface area (Å²) >= 11 is 0. The number of rotatable bonds is 9. The van der Waals surface area contributed by atoms with Crippen molar-refractivity contribution in [2.24, 2.45) is 5.92 Å². The van der Waals surface area contributed by atoms with Crippen LogP contribution in [0, 0.1) is 11.7 Å². The number of hydrogen-bond donors (Lipinski definition) is 1. The topological polar surface area (TPSA) is 24.5 Å². The van der Waals surface area contributed by atoms with E-state index in [1.165, 1.54) is 25.0 Å². The summed E-state index contributed by atoms with van der Waals surface area (Å²) in [6.07, 6.45) is 2.69. The minimum Gasteiger partial charge on any atom is -0.384 e. The minimum atomic E-state index is -0.199. The summed E-state index contributed by atoms with van der Waals surface area (Å²) in [5, 5.41) is 3.27. The van der Waals surface area contributed by atoms with E-state index in [1.807, 2.05) is 0 Å². The first kappa shape index (κ1) is 14.3. The average Bonchev–Trinajstić information content (AvgIpc) is 3.21. The van der Waals surface area contributed by atoms with Crippen LogP contribution < -0.4 is 5.32 Å². The third-order valence-corrected chi connectivity index (χ3v) is 3.33. The Morgan fingerprint density at radius 2 is 2.00 bits per heavy atom. The van der Waals surface area contributed by atoms with E-state index < -0.39 is 0 Å². The van der Waals surface area contributed by atoms with Crippen LogP contribution in [-0.2, 0) is 4.74 Å². The summed E-state index contributed by atoms with van der Waals surface area (Å²) in [4.78, 5) is 2.24. The van der Waals surface area contributed by atoms with E-state index >= 15 is 0 Å². The number of nitrogens with one attached hydrogen (secondary N) is 1. The molecule has 1 aliphatic rings. The van der Waals surface area contributed by atoms with Crippen molar-refractivity contribution < 1.29 is 9.13 Å². The number of nitrogens with zero attached hydrogens (tertiary/aromatic N) is 1. The van der Waals surface area contributed by atoms with Crippen LogP contribution >= 0.6 is 0 Å². The van der Waals surface area contributed by atoms with E-state index in [0.717, 1.165) is 44.5 Å². The standard InChI is InChI=1S/C15H23FN2O/c1-18(10-11-19-12-13-2-3-13)9-8-17-15-6-4-14(16)5-7-15/h4-7,13,17H,2-3,8-12H2,1H3. The monoisotopic (exact) mass is 266 g/mol. The summed E-state index contributed by atoms with van der Waals surface area (Å²) in [6.45, 7) is 4.50. The van der Waals surface area contributed by atoms with Gasteiger partial charge in [0.2, 0.25) is 0 Å². The zero-order valence-electron chi connectivity index (χ0n) is 11.6. The van der Waals surface area contributed by atoms with Gasteiger partial charge in [0.15, 0.2) is 0 Å². The highest BCUT2D eigenvalue weighted by molar-refractivity contribution is 5.42. The van der Waals surface area contributed by atoms with E-state index in [-0.39, 0.29) is 5.82 Å². The van der Waals surface area contributed by atoms with Crippen molar-refractivity contribution in [1.29, 1.82) is 0 Å². The van der Waals surface area contributed by atoms with Crippen LogP contribution in [0.5, 0.6) is 0 Å². The number of hydrogen-bond acceptors (Lipinski definition) is 3. The molecule has 1 fully saturated rings. The first-order valence-electron chi connectivity index (χ1n) is 7.00. The molecule has 0 aromatic heterocycles. The van der Waals surface area contributed by atoms with Gasteiger partial charge in [-0.05, 0) is 50.1 Å². The summed E-state index contributed by atoms with van der Waals surface area (Å²) in [5.74, 6) is 0.640. The van der Waals surface area contributed by atoms with Gasteiger partial charge in [-0.3, -0.25) is 0 Å². The lowest BCUT2D eigenvalue weighted by molar-refractivity contribution is 0.104. The van der Waals surface area contributed by atoms with Crippen molar-refractivity contribution in [3.63, 3.8) is 0 Å². The molecule has 19 heavy (non-hydrogen) atoms. The van der Waals surface area contributed by atoms with Crippen molar-refractivity contribution in [3.05, 3.63) is 30.1 Å². The molecular formula is C15H23FN2O. The molecule has 106 valence electrons. The van der Waals surface area contributed by atoms with Crippen LogP contribution in [-0.4, -0.2) is 44.8 Å². The Morgan fingerprint density at radius 1 is 1.26 bits per heavy atom. The van der Waals surface area contributed by atoms with Gasteiger partial charge in [0.25, 0.3) is 0 Å². The lowest BCUT2D eigenvalue weighted by Crippen LogP contribution is -2.28. The Morgan fingerprint density at radius 3 is 2.68 bits per heavy atom. The maximum Gasteiger partial charge on any atom is 0.123 e. The average molecular weight is 266 g/mol. The van der Waals surface area contributed by atoms with Crippen molar-refractivity contribution >= 4 is 5.69 Å². The molecule has 0 unspecified atom stereocenters. The fourth-order valence-corrected chi connectivity index (χ4v) is 1.83. The van der Waals surface area contributed by atoms with Gasteiger partial charge in [-0.1, -0.05) is 0 Å². The Kier molecular flexibility index (Phi) is 5.61. The molecule has 3 nitrogen and oxygen atoms in total. The highest BCUT2D eigenvalue weighted by Gasteiger charge is 2.20. The van der Waals surface area contributed by atoms with Crippen molar-refractivity contribution in [3.8, 4) is 0 Å². The summed E-state index contributed by atoms with van der Waals surface area (Å²) in [7, 11) is 2.09. The minimum absolute atomic E-state index is 0.199. The molecule has 0 atom stereocenters. The van der Waals surface area contributed by atoms with Gasteiger partial charge >= 0.3 is 0 Å². The Labute approximate surface area is 114 Å². The number of benzene rings is 1. The molecule has 0 saturated heterocycles. The van der Waals surface area contributed by atoms with E-state index in [0.29, 0.717) is 0 Å². The second-order valence-corrected chi connectivity index (χ2v) is 5.26. The second kappa shape index (κ2) is 7.46. The summed E-state index contributed by atoms with van der Waals surface area (Å²) < 4.78 is 18.3. The lowest BCUT2D eigenvalue weighted by Gasteiger charge is -2.17. The first-order valence-corrected chi connectivity index (χ1v) is 7.00. The van der Waals surface area contributed by atoms with Crippen molar-refractivity contribution in [2.45, 2.75) is 12.8 Å². The van der Waals surface area contributed by atoms with E-state index in [4.69, 9.17) is 4.74 Å². The zero-order valence-corrected chi connectivity index (χ0v) is 11.6. The number of halogens is 1. The normalized spacial score (nSPS) is 14.9. The molecule has 0 aliphatic heterocycles. The molecule has 0 spiro atoms. The zero-order chi connectivity index (χ0) is 13.5. The van der Waals surface area contributed by atoms with Crippen LogP contribution in [0.4, 0.5) is 10.1 Å². The van der Waals surface area contributed by atoms with Gasteiger partial charge in [-0.25, -0.2) is 4.39 Å². The molecule has 0 amide bonds. The van der Waals surface area contributed by atoms with Gasteiger partial charge in [-0.15, -0.1) is 0 Å². The molecule has 4 heteroatoms. The van der Waals surface area contributed by atoms with Crippen LogP contribution in [0.3, 0.4) is 0 Å². The highest BCUT2D eigenvalue weighted by Crippen LogP contribution is 2.28. The van der Waals surface area contributed by atoms with Crippen LogP contribution in [0.15, 0.2) is 24.3 Å². The van der Waals surface area contributed by atoms with Crippen molar-refractivity contribution in [2.75, 3.05) is 45.2 Å². The molecule has 0 radical (unpaired) electrons. The van der Waals surface area contributed by atoms with Crippen LogP contribution in [0.25, 0.3) is 0 Å². The molecule has 1 saturated carbocycles. The fourth-order valence-electron chi connectivity index (χ4n) is 1.83.